The van der Waals surface area contributed by atoms with Gasteiger partial charge in [-0.15, -0.1) is 0 Å². The second kappa shape index (κ2) is 8.81. The molecule has 0 saturated carbocycles. The van der Waals surface area contributed by atoms with Gasteiger partial charge in [-0.05, 0) is 55.3 Å². The third-order valence-electron chi connectivity index (χ3n) is 3.90. The van der Waals surface area contributed by atoms with E-state index in [1.54, 1.807) is 0 Å². The van der Waals surface area contributed by atoms with Crippen molar-refractivity contribution in [1.82, 2.24) is 0 Å². The van der Waals surface area contributed by atoms with Gasteiger partial charge in [-0.2, -0.15) is 0 Å². The highest BCUT2D eigenvalue weighted by Crippen LogP contribution is 2.40. The molecule has 0 radical (unpaired) electrons. The second-order valence-corrected chi connectivity index (χ2v) is 7.01. The number of rotatable bonds is 7. The SMILES string of the molecule is CCCCOc1ccc(/C=C2/Sc3cc(OCC)ccc3NC2=O)cc1. The van der Waals surface area contributed by atoms with E-state index in [0.29, 0.717) is 11.5 Å². The molecule has 0 unspecified atom stereocenters. The summed E-state index contributed by atoms with van der Waals surface area (Å²) in [4.78, 5) is 14.0. The van der Waals surface area contributed by atoms with Gasteiger partial charge in [0.15, 0.2) is 0 Å². The summed E-state index contributed by atoms with van der Waals surface area (Å²) in [5.74, 6) is 1.57. The first-order valence-electron chi connectivity index (χ1n) is 8.90. The van der Waals surface area contributed by atoms with Crippen molar-refractivity contribution < 1.29 is 14.3 Å². The van der Waals surface area contributed by atoms with Gasteiger partial charge in [-0.1, -0.05) is 37.2 Å². The summed E-state index contributed by atoms with van der Waals surface area (Å²) in [5, 5.41) is 2.94. The summed E-state index contributed by atoms with van der Waals surface area (Å²) < 4.78 is 11.2. The molecule has 26 heavy (non-hydrogen) atoms. The van der Waals surface area contributed by atoms with Crippen molar-refractivity contribution in [1.29, 1.82) is 0 Å². The molecule has 0 bridgehead atoms. The summed E-state index contributed by atoms with van der Waals surface area (Å²) in [6.07, 6.45) is 4.06. The summed E-state index contributed by atoms with van der Waals surface area (Å²) >= 11 is 1.46. The minimum Gasteiger partial charge on any atom is -0.494 e. The van der Waals surface area contributed by atoms with E-state index in [9.17, 15) is 4.79 Å². The van der Waals surface area contributed by atoms with E-state index in [1.165, 1.54) is 11.8 Å². The number of unbranched alkanes of at least 4 members (excludes halogenated alkanes) is 1. The van der Waals surface area contributed by atoms with Crippen molar-refractivity contribution in [2.24, 2.45) is 0 Å². The Hall–Kier alpha value is -2.40. The number of hydrogen-bond acceptors (Lipinski definition) is 4. The van der Waals surface area contributed by atoms with E-state index in [4.69, 9.17) is 9.47 Å². The first-order chi connectivity index (χ1) is 12.7. The maximum Gasteiger partial charge on any atom is 0.262 e. The number of fused-ring (bicyclic) bond motifs is 1. The second-order valence-electron chi connectivity index (χ2n) is 5.93. The molecule has 2 aromatic carbocycles. The van der Waals surface area contributed by atoms with Gasteiger partial charge in [-0.25, -0.2) is 0 Å². The summed E-state index contributed by atoms with van der Waals surface area (Å²) in [6.45, 7) is 5.44. The van der Waals surface area contributed by atoms with Crippen LogP contribution < -0.4 is 14.8 Å². The molecule has 0 atom stereocenters. The molecular formula is C21H23NO3S. The van der Waals surface area contributed by atoms with Crippen LogP contribution in [0.3, 0.4) is 0 Å². The third-order valence-corrected chi connectivity index (χ3v) is 4.98. The molecule has 1 aliphatic heterocycles. The monoisotopic (exact) mass is 369 g/mol. The van der Waals surface area contributed by atoms with Crippen LogP contribution in [0.1, 0.15) is 32.3 Å². The lowest BCUT2D eigenvalue weighted by Gasteiger charge is -2.19. The normalized spacial score (nSPS) is 14.7. The molecular weight excluding hydrogens is 346 g/mol. The summed E-state index contributed by atoms with van der Waals surface area (Å²) in [6, 6.07) is 13.5. The lowest BCUT2D eigenvalue weighted by molar-refractivity contribution is -0.112. The summed E-state index contributed by atoms with van der Waals surface area (Å²) in [5.41, 5.74) is 1.79. The number of carbonyl (C=O) groups excluding carboxylic acids is 1. The Kier molecular flexibility index (Phi) is 6.23. The number of benzene rings is 2. The Bertz CT molecular complexity index is 799. The van der Waals surface area contributed by atoms with Gasteiger partial charge >= 0.3 is 0 Å². The molecule has 1 N–H and O–H groups in total. The molecule has 1 aliphatic rings. The largest absolute Gasteiger partial charge is 0.494 e. The Labute approximate surface area is 158 Å². The Morgan fingerprint density at radius 3 is 2.54 bits per heavy atom. The van der Waals surface area contributed by atoms with Gasteiger partial charge in [0.05, 0.1) is 23.8 Å². The van der Waals surface area contributed by atoms with Crippen molar-refractivity contribution in [2.75, 3.05) is 18.5 Å². The molecule has 0 aliphatic carbocycles. The van der Waals surface area contributed by atoms with Crippen LogP contribution in [-0.2, 0) is 4.79 Å². The van der Waals surface area contributed by atoms with Crippen LogP contribution in [0.5, 0.6) is 11.5 Å². The quantitative estimate of drug-likeness (QED) is 0.528. The number of ether oxygens (including phenoxy) is 2. The van der Waals surface area contributed by atoms with Crippen LogP contribution in [0.15, 0.2) is 52.3 Å². The van der Waals surface area contributed by atoms with E-state index < -0.39 is 0 Å². The molecule has 0 spiro atoms. The zero-order chi connectivity index (χ0) is 18.4. The van der Waals surface area contributed by atoms with E-state index in [-0.39, 0.29) is 5.91 Å². The van der Waals surface area contributed by atoms with Gasteiger partial charge < -0.3 is 14.8 Å². The number of thioether (sulfide) groups is 1. The molecule has 4 nitrogen and oxygen atoms in total. The van der Waals surface area contributed by atoms with Crippen LogP contribution in [0.25, 0.3) is 6.08 Å². The van der Waals surface area contributed by atoms with Crippen molar-refractivity contribution in [3.05, 3.63) is 52.9 Å². The van der Waals surface area contributed by atoms with Crippen LogP contribution >= 0.6 is 11.8 Å². The molecule has 1 heterocycles. The standard InChI is InChI=1S/C21H23NO3S/c1-3-5-12-25-16-8-6-15(7-9-16)13-20-21(23)22-18-11-10-17(24-4-2)14-19(18)26-20/h6-11,13-14H,3-5,12H2,1-2H3,(H,22,23)/b20-13+. The van der Waals surface area contributed by atoms with Crippen LogP contribution in [0, 0.1) is 0 Å². The zero-order valence-corrected chi connectivity index (χ0v) is 15.9. The fourth-order valence-electron chi connectivity index (χ4n) is 2.54. The molecule has 1 amide bonds. The maximum absolute atomic E-state index is 12.4. The van der Waals surface area contributed by atoms with Gasteiger partial charge in [-0.3, -0.25) is 4.79 Å². The minimum absolute atomic E-state index is 0.0880. The van der Waals surface area contributed by atoms with E-state index in [1.807, 2.05) is 55.5 Å². The third kappa shape index (κ3) is 4.61. The van der Waals surface area contributed by atoms with Crippen LogP contribution in [0.4, 0.5) is 5.69 Å². The highest BCUT2D eigenvalue weighted by molar-refractivity contribution is 8.04. The van der Waals surface area contributed by atoms with Crippen molar-refractivity contribution >= 4 is 29.4 Å². The molecule has 0 saturated heterocycles. The molecule has 5 heteroatoms. The Balaban J connectivity index is 1.74. The Morgan fingerprint density at radius 2 is 1.81 bits per heavy atom. The Morgan fingerprint density at radius 1 is 1.04 bits per heavy atom. The highest BCUT2D eigenvalue weighted by atomic mass is 32.2. The first-order valence-corrected chi connectivity index (χ1v) is 9.72. The molecule has 3 rings (SSSR count). The lowest BCUT2D eigenvalue weighted by Crippen LogP contribution is -2.17. The highest BCUT2D eigenvalue weighted by Gasteiger charge is 2.21. The lowest BCUT2D eigenvalue weighted by atomic mass is 10.2. The van der Waals surface area contributed by atoms with Gasteiger partial charge in [0.2, 0.25) is 0 Å². The predicted octanol–water partition coefficient (Wildman–Crippen LogP) is 5.35. The maximum atomic E-state index is 12.4. The van der Waals surface area contributed by atoms with Crippen molar-refractivity contribution in [2.45, 2.75) is 31.6 Å². The van der Waals surface area contributed by atoms with Gasteiger partial charge in [0, 0.05) is 4.90 Å². The van der Waals surface area contributed by atoms with Crippen molar-refractivity contribution in [3.63, 3.8) is 0 Å². The number of nitrogens with one attached hydrogen (secondary N) is 1. The average molecular weight is 369 g/mol. The molecule has 0 aromatic heterocycles. The zero-order valence-electron chi connectivity index (χ0n) is 15.1. The predicted molar refractivity (Wildman–Crippen MR) is 107 cm³/mol. The average Bonchev–Trinajstić information content (AvgIpc) is 2.64. The smallest absolute Gasteiger partial charge is 0.262 e. The minimum atomic E-state index is -0.0880. The molecule has 0 fully saturated rings. The fraction of sp³-hybridized carbons (Fsp3) is 0.286. The number of amides is 1. The number of hydrogen-bond donors (Lipinski definition) is 1. The van der Waals surface area contributed by atoms with Crippen molar-refractivity contribution in [3.8, 4) is 11.5 Å². The van der Waals surface area contributed by atoms with E-state index in [0.717, 1.165) is 47.1 Å². The van der Waals surface area contributed by atoms with E-state index >= 15 is 0 Å². The number of anilines is 1. The van der Waals surface area contributed by atoms with Crippen LogP contribution in [0.2, 0.25) is 0 Å². The first kappa shape index (κ1) is 18.4. The molecule has 2 aromatic rings. The topological polar surface area (TPSA) is 47.6 Å². The number of carbonyl (C=O) groups is 1. The van der Waals surface area contributed by atoms with Crippen LogP contribution in [-0.4, -0.2) is 19.1 Å². The summed E-state index contributed by atoms with van der Waals surface area (Å²) in [7, 11) is 0. The fourth-order valence-corrected chi connectivity index (χ4v) is 3.52. The van der Waals surface area contributed by atoms with Gasteiger partial charge in [0.25, 0.3) is 5.91 Å². The van der Waals surface area contributed by atoms with E-state index in [2.05, 4.69) is 12.2 Å². The molecule has 136 valence electrons. The van der Waals surface area contributed by atoms with Gasteiger partial charge in [0.1, 0.15) is 11.5 Å².